The van der Waals surface area contributed by atoms with Gasteiger partial charge in [-0.1, -0.05) is 24.3 Å². The number of benzene rings is 2. The van der Waals surface area contributed by atoms with Gasteiger partial charge in [-0.3, -0.25) is 14.4 Å². The Hall–Kier alpha value is -4.51. The Bertz CT molecular complexity index is 1570. The van der Waals surface area contributed by atoms with Crippen LogP contribution in [-0.2, 0) is 13.0 Å². The van der Waals surface area contributed by atoms with Crippen LogP contribution in [0.1, 0.15) is 61.0 Å². The van der Waals surface area contributed by atoms with E-state index in [0.717, 1.165) is 22.3 Å². The minimum absolute atomic E-state index is 0.0139. The molecule has 5 rings (SSSR count). The normalized spacial score (nSPS) is 16.4. The number of carbonyl (C=O) groups is 3. The number of hydrogen-bond donors (Lipinski definition) is 3. The second-order valence-electron chi connectivity index (χ2n) is 8.76. The maximum atomic E-state index is 14.4. The van der Waals surface area contributed by atoms with Crippen molar-refractivity contribution in [2.24, 2.45) is 0 Å². The molecule has 2 heterocycles. The molecule has 0 spiro atoms. The molecule has 0 saturated heterocycles. The van der Waals surface area contributed by atoms with Crippen molar-refractivity contribution in [2.45, 2.75) is 32.0 Å². The third kappa shape index (κ3) is 4.68. The molecule has 188 valence electrons. The zero-order valence-electron chi connectivity index (χ0n) is 19.5. The molecule has 0 fully saturated rings. The Labute approximate surface area is 209 Å². The average Bonchev–Trinajstić information content (AvgIpc) is 3.40. The van der Waals surface area contributed by atoms with Crippen LogP contribution < -0.4 is 10.6 Å². The van der Waals surface area contributed by atoms with Gasteiger partial charge in [0.1, 0.15) is 17.2 Å². The van der Waals surface area contributed by atoms with Gasteiger partial charge >= 0.3 is 0 Å². The number of carbonyl (C=O) groups excluding carboxylic acids is 3. The van der Waals surface area contributed by atoms with Gasteiger partial charge in [-0.2, -0.15) is 5.10 Å². The lowest BCUT2D eigenvalue weighted by atomic mass is 10.0. The topological polar surface area (TPSA) is 126 Å². The molecular weight excluding hydrogens is 484 g/mol. The summed E-state index contributed by atoms with van der Waals surface area (Å²) in [4.78, 5) is 41.8. The molecule has 0 bridgehead atoms. The first kappa shape index (κ1) is 24.2. The highest BCUT2D eigenvalue weighted by molar-refractivity contribution is 5.98. The monoisotopic (exact) mass is 505 g/mol. The van der Waals surface area contributed by atoms with Gasteiger partial charge in [0.2, 0.25) is 0 Å². The second-order valence-corrected chi connectivity index (χ2v) is 8.76. The Morgan fingerprint density at radius 3 is 2.68 bits per heavy atom. The summed E-state index contributed by atoms with van der Waals surface area (Å²) < 4.78 is 28.8. The van der Waals surface area contributed by atoms with Gasteiger partial charge in [0.05, 0.1) is 18.3 Å². The van der Waals surface area contributed by atoms with Crippen molar-refractivity contribution in [3.8, 4) is 0 Å². The summed E-state index contributed by atoms with van der Waals surface area (Å²) in [5, 5.41) is 19.8. The fourth-order valence-corrected chi connectivity index (χ4v) is 4.38. The van der Waals surface area contributed by atoms with Crippen molar-refractivity contribution in [2.75, 3.05) is 0 Å². The molecule has 37 heavy (non-hydrogen) atoms. The highest BCUT2D eigenvalue weighted by atomic mass is 19.1. The number of aliphatic hydroxyl groups excluding tert-OH is 1. The molecule has 0 unspecified atom stereocenters. The van der Waals surface area contributed by atoms with Crippen LogP contribution in [-0.4, -0.2) is 43.4 Å². The van der Waals surface area contributed by atoms with E-state index in [9.17, 15) is 28.3 Å². The first-order valence-corrected chi connectivity index (χ1v) is 11.4. The van der Waals surface area contributed by atoms with E-state index >= 15 is 0 Å². The van der Waals surface area contributed by atoms with Crippen LogP contribution >= 0.6 is 0 Å². The number of fused-ring (bicyclic) bond motifs is 2. The number of hydrogen-bond acceptors (Lipinski definition) is 6. The molecule has 0 saturated carbocycles. The Kier molecular flexibility index (Phi) is 6.22. The molecule has 2 atom stereocenters. The summed E-state index contributed by atoms with van der Waals surface area (Å²) in [6.07, 6.45) is 0.148. The van der Waals surface area contributed by atoms with E-state index in [1.165, 1.54) is 25.1 Å². The predicted octanol–water partition coefficient (Wildman–Crippen LogP) is 2.53. The molecule has 0 radical (unpaired) electrons. The lowest BCUT2D eigenvalue weighted by molar-refractivity contribution is 0.0850. The molecular formula is C26H21F2N5O4. The molecule has 11 heteroatoms. The number of halogens is 2. The van der Waals surface area contributed by atoms with Crippen LogP contribution in [0.2, 0.25) is 0 Å². The molecule has 2 aromatic carbocycles. The molecule has 4 aromatic rings. The number of amides is 2. The van der Waals surface area contributed by atoms with Gasteiger partial charge in [0, 0.05) is 24.6 Å². The SMILES string of the molecule is CC(=O)c1ccc2c(c1)C[C@@H](O)[C@@H]2NC(=O)c1cc(C(=O)NCc2cccc(F)c2)nc2c(F)cnn12. The Morgan fingerprint density at radius 2 is 1.92 bits per heavy atom. The number of ketones is 1. The summed E-state index contributed by atoms with van der Waals surface area (Å²) in [6.45, 7) is 1.43. The highest BCUT2D eigenvalue weighted by Crippen LogP contribution is 2.32. The number of aromatic nitrogens is 3. The first-order chi connectivity index (χ1) is 17.7. The van der Waals surface area contributed by atoms with Crippen molar-refractivity contribution in [3.63, 3.8) is 0 Å². The predicted molar refractivity (Wildman–Crippen MR) is 127 cm³/mol. The van der Waals surface area contributed by atoms with Crippen molar-refractivity contribution < 1.29 is 28.3 Å². The summed E-state index contributed by atoms with van der Waals surface area (Å²) in [6, 6.07) is 11.0. The van der Waals surface area contributed by atoms with Gasteiger partial charge in [-0.15, -0.1) is 0 Å². The van der Waals surface area contributed by atoms with E-state index in [-0.39, 0.29) is 35.8 Å². The second kappa shape index (κ2) is 9.51. The molecule has 1 aliphatic rings. The van der Waals surface area contributed by atoms with Crippen molar-refractivity contribution >= 4 is 23.2 Å². The lowest BCUT2D eigenvalue weighted by Gasteiger charge is -2.18. The smallest absolute Gasteiger partial charge is 0.270 e. The summed E-state index contributed by atoms with van der Waals surface area (Å²) in [5.74, 6) is -2.84. The van der Waals surface area contributed by atoms with Crippen LogP contribution in [0.5, 0.6) is 0 Å². The number of nitrogens with zero attached hydrogens (tertiary/aromatic N) is 3. The minimum atomic E-state index is -0.957. The van der Waals surface area contributed by atoms with E-state index in [1.807, 2.05) is 0 Å². The van der Waals surface area contributed by atoms with E-state index < -0.39 is 35.6 Å². The van der Waals surface area contributed by atoms with Crippen LogP contribution in [0.15, 0.2) is 54.7 Å². The Morgan fingerprint density at radius 1 is 1.11 bits per heavy atom. The van der Waals surface area contributed by atoms with Gasteiger partial charge in [-0.25, -0.2) is 18.3 Å². The zero-order valence-corrected chi connectivity index (χ0v) is 19.5. The first-order valence-electron chi connectivity index (χ1n) is 11.4. The van der Waals surface area contributed by atoms with Crippen molar-refractivity contribution in [1.29, 1.82) is 0 Å². The van der Waals surface area contributed by atoms with Crippen LogP contribution in [0.3, 0.4) is 0 Å². The average molecular weight is 505 g/mol. The summed E-state index contributed by atoms with van der Waals surface area (Å²) in [7, 11) is 0. The molecule has 1 aliphatic carbocycles. The van der Waals surface area contributed by atoms with Crippen LogP contribution in [0, 0.1) is 11.6 Å². The number of aliphatic hydroxyl groups is 1. The van der Waals surface area contributed by atoms with Gasteiger partial charge in [-0.05, 0) is 41.8 Å². The number of Topliss-reactive ketones (excluding diaryl/α,β-unsaturated/α-hetero) is 1. The summed E-state index contributed by atoms with van der Waals surface area (Å²) >= 11 is 0. The van der Waals surface area contributed by atoms with E-state index in [1.54, 1.807) is 24.3 Å². The quantitative estimate of drug-likeness (QED) is 0.346. The number of rotatable bonds is 6. The highest BCUT2D eigenvalue weighted by Gasteiger charge is 2.33. The van der Waals surface area contributed by atoms with Crippen molar-refractivity contribution in [3.05, 3.63) is 100 Å². The van der Waals surface area contributed by atoms with Crippen LogP contribution in [0.25, 0.3) is 5.65 Å². The largest absolute Gasteiger partial charge is 0.390 e. The third-order valence-corrected chi connectivity index (χ3v) is 6.22. The molecule has 2 aromatic heterocycles. The van der Waals surface area contributed by atoms with Crippen molar-refractivity contribution in [1.82, 2.24) is 25.2 Å². The van der Waals surface area contributed by atoms with E-state index in [4.69, 9.17) is 0 Å². The van der Waals surface area contributed by atoms with Gasteiger partial charge in [0.25, 0.3) is 11.8 Å². The Balaban J connectivity index is 1.42. The molecule has 0 aliphatic heterocycles. The van der Waals surface area contributed by atoms with Gasteiger partial charge < -0.3 is 15.7 Å². The fraction of sp³-hybridized carbons (Fsp3) is 0.192. The third-order valence-electron chi connectivity index (χ3n) is 6.22. The summed E-state index contributed by atoms with van der Waals surface area (Å²) in [5.41, 5.74) is 1.63. The van der Waals surface area contributed by atoms with Crippen LogP contribution in [0.4, 0.5) is 8.78 Å². The van der Waals surface area contributed by atoms with Gasteiger partial charge in [0.15, 0.2) is 17.2 Å². The fourth-order valence-electron chi connectivity index (χ4n) is 4.38. The molecule has 9 nitrogen and oxygen atoms in total. The lowest BCUT2D eigenvalue weighted by Crippen LogP contribution is -2.35. The molecule has 2 amide bonds. The van der Waals surface area contributed by atoms with E-state index in [0.29, 0.717) is 16.7 Å². The zero-order chi connectivity index (χ0) is 26.3. The maximum absolute atomic E-state index is 14.4. The van der Waals surface area contributed by atoms with E-state index in [2.05, 4.69) is 20.7 Å². The number of nitrogens with one attached hydrogen (secondary N) is 2. The molecule has 3 N–H and O–H groups in total. The maximum Gasteiger partial charge on any atom is 0.270 e. The standard InChI is InChI=1S/C26H21F2N5O4/c1-13(34)15-5-6-18-16(8-15)9-22(35)23(18)32-26(37)21-10-20(31-24-19(28)12-30-33(21)24)25(36)29-11-14-3-2-4-17(27)7-14/h2-8,10,12,22-23,35H,9,11H2,1H3,(H,29,36)(H,32,37)/t22-,23-/m1/s1. The minimum Gasteiger partial charge on any atom is -0.390 e.